The summed E-state index contributed by atoms with van der Waals surface area (Å²) >= 11 is 0. The first kappa shape index (κ1) is 11.4. The van der Waals surface area contributed by atoms with Gasteiger partial charge in [-0.15, -0.1) is 10.2 Å². The summed E-state index contributed by atoms with van der Waals surface area (Å²) in [7, 11) is 0. The second kappa shape index (κ2) is 4.82. The molecule has 1 heterocycles. The molecule has 0 aliphatic rings. The number of benzene rings is 1. The lowest BCUT2D eigenvalue weighted by atomic mass is 10.1. The molecule has 1 aromatic heterocycles. The standard InChI is InChI=1S/C13H15N3O/c1-3-17-11-6-4-10(5-7-11)12-8-9(2)13(14)16-15-12/h4-8H,3H2,1-2H3,(H2,14,16). The summed E-state index contributed by atoms with van der Waals surface area (Å²) < 4.78 is 5.38. The van der Waals surface area contributed by atoms with Crippen molar-refractivity contribution in [3.8, 4) is 17.0 Å². The number of nitrogens with zero attached hydrogens (tertiary/aromatic N) is 2. The summed E-state index contributed by atoms with van der Waals surface area (Å²) in [6, 6.07) is 9.70. The molecular weight excluding hydrogens is 214 g/mol. The van der Waals surface area contributed by atoms with Crippen molar-refractivity contribution in [3.05, 3.63) is 35.9 Å². The fourth-order valence-corrected chi connectivity index (χ4v) is 1.52. The highest BCUT2D eigenvalue weighted by Gasteiger charge is 2.03. The Bertz CT molecular complexity index is 509. The SMILES string of the molecule is CCOc1ccc(-c2cc(C)c(N)nn2)cc1. The lowest BCUT2D eigenvalue weighted by Crippen LogP contribution is -1.98. The van der Waals surface area contributed by atoms with Crippen molar-refractivity contribution >= 4 is 5.82 Å². The van der Waals surface area contributed by atoms with Crippen molar-refractivity contribution < 1.29 is 4.74 Å². The molecular formula is C13H15N3O. The van der Waals surface area contributed by atoms with Crippen LogP contribution < -0.4 is 10.5 Å². The largest absolute Gasteiger partial charge is 0.494 e. The van der Waals surface area contributed by atoms with Crippen LogP contribution in [0, 0.1) is 6.92 Å². The molecule has 2 aromatic rings. The van der Waals surface area contributed by atoms with Gasteiger partial charge >= 0.3 is 0 Å². The van der Waals surface area contributed by atoms with Crippen LogP contribution in [0.1, 0.15) is 12.5 Å². The molecule has 0 bridgehead atoms. The lowest BCUT2D eigenvalue weighted by Gasteiger charge is -2.05. The van der Waals surface area contributed by atoms with E-state index in [0.29, 0.717) is 12.4 Å². The van der Waals surface area contributed by atoms with Crippen molar-refractivity contribution in [2.24, 2.45) is 0 Å². The minimum Gasteiger partial charge on any atom is -0.494 e. The van der Waals surface area contributed by atoms with Crippen LogP contribution in [0.5, 0.6) is 5.75 Å². The van der Waals surface area contributed by atoms with Crippen LogP contribution in [-0.4, -0.2) is 16.8 Å². The monoisotopic (exact) mass is 229 g/mol. The van der Waals surface area contributed by atoms with Gasteiger partial charge in [-0.25, -0.2) is 0 Å². The number of hydrogen-bond acceptors (Lipinski definition) is 4. The maximum Gasteiger partial charge on any atom is 0.149 e. The van der Waals surface area contributed by atoms with Gasteiger partial charge in [0.1, 0.15) is 11.6 Å². The summed E-state index contributed by atoms with van der Waals surface area (Å²) in [5, 5.41) is 7.98. The van der Waals surface area contributed by atoms with Crippen molar-refractivity contribution in [1.82, 2.24) is 10.2 Å². The molecule has 0 fully saturated rings. The lowest BCUT2D eigenvalue weighted by molar-refractivity contribution is 0.340. The summed E-state index contributed by atoms with van der Waals surface area (Å²) in [5.41, 5.74) is 8.39. The maximum absolute atomic E-state index is 5.64. The molecule has 17 heavy (non-hydrogen) atoms. The molecule has 2 rings (SSSR count). The van der Waals surface area contributed by atoms with E-state index in [-0.39, 0.29) is 0 Å². The molecule has 0 saturated heterocycles. The zero-order valence-electron chi connectivity index (χ0n) is 9.97. The van der Waals surface area contributed by atoms with Crippen LogP contribution in [0.3, 0.4) is 0 Å². The van der Waals surface area contributed by atoms with Gasteiger partial charge < -0.3 is 10.5 Å². The predicted octanol–water partition coefficient (Wildman–Crippen LogP) is 2.43. The van der Waals surface area contributed by atoms with E-state index in [4.69, 9.17) is 10.5 Å². The number of nitrogens with two attached hydrogens (primary N) is 1. The first-order valence-corrected chi connectivity index (χ1v) is 5.53. The Morgan fingerprint density at radius 3 is 2.47 bits per heavy atom. The van der Waals surface area contributed by atoms with Crippen LogP contribution in [0.25, 0.3) is 11.3 Å². The van der Waals surface area contributed by atoms with Gasteiger partial charge in [0, 0.05) is 5.56 Å². The molecule has 4 heteroatoms. The smallest absolute Gasteiger partial charge is 0.149 e. The molecule has 0 aliphatic carbocycles. The number of hydrogen-bond donors (Lipinski definition) is 1. The third-order valence-electron chi connectivity index (χ3n) is 2.48. The van der Waals surface area contributed by atoms with Crippen LogP contribution >= 0.6 is 0 Å². The summed E-state index contributed by atoms with van der Waals surface area (Å²) in [6.07, 6.45) is 0. The molecule has 0 saturated carbocycles. The van der Waals surface area contributed by atoms with E-state index in [2.05, 4.69) is 10.2 Å². The number of nitrogen functional groups attached to an aromatic ring is 1. The Kier molecular flexibility index (Phi) is 3.23. The van der Waals surface area contributed by atoms with E-state index < -0.39 is 0 Å². The molecule has 0 atom stereocenters. The number of rotatable bonds is 3. The third kappa shape index (κ3) is 2.53. The molecule has 0 spiro atoms. The first-order chi connectivity index (χ1) is 8.20. The van der Waals surface area contributed by atoms with Crippen molar-refractivity contribution in [2.75, 3.05) is 12.3 Å². The Labute approximate surface area is 100 Å². The number of anilines is 1. The van der Waals surface area contributed by atoms with Crippen molar-refractivity contribution in [3.63, 3.8) is 0 Å². The first-order valence-electron chi connectivity index (χ1n) is 5.53. The quantitative estimate of drug-likeness (QED) is 0.878. The van der Waals surface area contributed by atoms with E-state index in [1.54, 1.807) is 0 Å². The Balaban J connectivity index is 2.30. The molecule has 0 amide bonds. The van der Waals surface area contributed by atoms with E-state index in [9.17, 15) is 0 Å². The van der Waals surface area contributed by atoms with Gasteiger partial charge in [0.15, 0.2) is 0 Å². The van der Waals surface area contributed by atoms with Crippen LogP contribution in [0.15, 0.2) is 30.3 Å². The van der Waals surface area contributed by atoms with Gasteiger partial charge in [-0.3, -0.25) is 0 Å². The highest BCUT2D eigenvalue weighted by atomic mass is 16.5. The third-order valence-corrected chi connectivity index (χ3v) is 2.48. The van der Waals surface area contributed by atoms with Gasteiger partial charge in [0.2, 0.25) is 0 Å². The van der Waals surface area contributed by atoms with E-state index in [1.165, 1.54) is 0 Å². The van der Waals surface area contributed by atoms with Crippen LogP contribution in [0.4, 0.5) is 5.82 Å². The molecule has 4 nitrogen and oxygen atoms in total. The molecule has 88 valence electrons. The average molecular weight is 229 g/mol. The minimum atomic E-state index is 0.472. The van der Waals surface area contributed by atoms with Gasteiger partial charge in [-0.05, 0) is 49.7 Å². The molecule has 2 N–H and O–H groups in total. The average Bonchev–Trinajstić information content (AvgIpc) is 2.34. The normalized spacial score (nSPS) is 10.2. The van der Waals surface area contributed by atoms with Gasteiger partial charge in [-0.2, -0.15) is 0 Å². The molecule has 0 radical (unpaired) electrons. The fourth-order valence-electron chi connectivity index (χ4n) is 1.52. The number of ether oxygens (including phenoxy) is 1. The Morgan fingerprint density at radius 2 is 1.88 bits per heavy atom. The topological polar surface area (TPSA) is 61.0 Å². The fraction of sp³-hybridized carbons (Fsp3) is 0.231. The van der Waals surface area contributed by atoms with Crippen LogP contribution in [0.2, 0.25) is 0 Å². The van der Waals surface area contributed by atoms with Gasteiger partial charge in [-0.1, -0.05) is 0 Å². The molecule has 1 aromatic carbocycles. The van der Waals surface area contributed by atoms with Crippen molar-refractivity contribution in [1.29, 1.82) is 0 Å². The summed E-state index contributed by atoms with van der Waals surface area (Å²) in [4.78, 5) is 0. The molecule has 0 unspecified atom stereocenters. The van der Waals surface area contributed by atoms with Gasteiger partial charge in [0.05, 0.1) is 12.3 Å². The summed E-state index contributed by atoms with van der Waals surface area (Å²) in [6.45, 7) is 4.55. The Morgan fingerprint density at radius 1 is 1.18 bits per heavy atom. The van der Waals surface area contributed by atoms with E-state index >= 15 is 0 Å². The summed E-state index contributed by atoms with van der Waals surface area (Å²) in [5.74, 6) is 1.33. The Hall–Kier alpha value is -2.10. The number of aromatic nitrogens is 2. The zero-order valence-corrected chi connectivity index (χ0v) is 9.97. The highest BCUT2D eigenvalue weighted by Crippen LogP contribution is 2.21. The van der Waals surface area contributed by atoms with Crippen LogP contribution in [-0.2, 0) is 0 Å². The number of aryl methyl sites for hydroxylation is 1. The molecule has 0 aliphatic heterocycles. The predicted molar refractivity (Wildman–Crippen MR) is 67.8 cm³/mol. The minimum absolute atomic E-state index is 0.472. The van der Waals surface area contributed by atoms with E-state index in [0.717, 1.165) is 22.6 Å². The van der Waals surface area contributed by atoms with Crippen molar-refractivity contribution in [2.45, 2.75) is 13.8 Å². The zero-order chi connectivity index (χ0) is 12.3. The van der Waals surface area contributed by atoms with Gasteiger partial charge in [0.25, 0.3) is 0 Å². The van der Waals surface area contributed by atoms with E-state index in [1.807, 2.05) is 44.2 Å². The highest BCUT2D eigenvalue weighted by molar-refractivity contribution is 5.61. The maximum atomic E-state index is 5.64. The second-order valence-electron chi connectivity index (χ2n) is 3.76. The second-order valence-corrected chi connectivity index (χ2v) is 3.76.